The Kier molecular flexibility index (Phi) is 6.04. The van der Waals surface area contributed by atoms with E-state index in [4.69, 9.17) is 5.73 Å². The zero-order valence-electron chi connectivity index (χ0n) is 15.4. The largest absolute Gasteiger partial charge is 0.366 e. The Labute approximate surface area is 155 Å². The molecular formula is C22H27FN2O. The predicted octanol–water partition coefficient (Wildman–Crippen LogP) is 4.75. The molecule has 0 aromatic heterocycles. The summed E-state index contributed by atoms with van der Waals surface area (Å²) in [4.78, 5) is 13.7. The molecule has 0 bridgehead atoms. The van der Waals surface area contributed by atoms with Crippen LogP contribution in [-0.4, -0.2) is 23.4 Å². The van der Waals surface area contributed by atoms with Gasteiger partial charge in [-0.25, -0.2) is 4.39 Å². The fraction of sp³-hybridized carbons (Fsp3) is 0.409. The third-order valence-corrected chi connectivity index (χ3v) is 5.40. The van der Waals surface area contributed by atoms with Gasteiger partial charge >= 0.3 is 0 Å². The number of amides is 1. The smallest absolute Gasteiger partial charge is 0.248 e. The predicted molar refractivity (Wildman–Crippen MR) is 103 cm³/mol. The molecule has 0 radical (unpaired) electrons. The van der Waals surface area contributed by atoms with Crippen LogP contribution in [0, 0.1) is 5.82 Å². The van der Waals surface area contributed by atoms with Crippen LogP contribution in [-0.2, 0) is 6.54 Å². The third-order valence-electron chi connectivity index (χ3n) is 5.40. The van der Waals surface area contributed by atoms with Gasteiger partial charge in [-0.15, -0.1) is 0 Å². The molecule has 2 N–H and O–H groups in total. The highest BCUT2D eigenvalue weighted by Crippen LogP contribution is 2.27. The zero-order chi connectivity index (χ0) is 18.5. The first kappa shape index (κ1) is 18.6. The van der Waals surface area contributed by atoms with Gasteiger partial charge in [0.15, 0.2) is 0 Å². The second kappa shape index (κ2) is 8.45. The first-order chi connectivity index (χ1) is 12.6. The maximum Gasteiger partial charge on any atom is 0.248 e. The van der Waals surface area contributed by atoms with Crippen LogP contribution in [0.3, 0.4) is 0 Å². The van der Waals surface area contributed by atoms with Crippen molar-refractivity contribution < 1.29 is 9.18 Å². The second-order valence-corrected chi connectivity index (χ2v) is 7.11. The summed E-state index contributed by atoms with van der Waals surface area (Å²) in [6, 6.07) is 12.9. The van der Waals surface area contributed by atoms with Crippen molar-refractivity contribution in [1.29, 1.82) is 0 Å². The normalized spacial score (nSPS) is 15.3. The monoisotopic (exact) mass is 354 g/mol. The summed E-state index contributed by atoms with van der Waals surface area (Å²) in [6.07, 6.45) is 6.31. The number of hydrogen-bond donors (Lipinski definition) is 1. The minimum Gasteiger partial charge on any atom is -0.366 e. The zero-order valence-corrected chi connectivity index (χ0v) is 15.4. The molecule has 1 saturated carbocycles. The van der Waals surface area contributed by atoms with Gasteiger partial charge < -0.3 is 5.73 Å². The highest BCUT2D eigenvalue weighted by atomic mass is 19.1. The molecule has 3 nitrogen and oxygen atoms in total. The van der Waals surface area contributed by atoms with Gasteiger partial charge in [-0.05, 0) is 48.7 Å². The lowest BCUT2D eigenvalue weighted by Crippen LogP contribution is -2.36. The molecule has 26 heavy (non-hydrogen) atoms. The average molecular weight is 354 g/mol. The van der Waals surface area contributed by atoms with Crippen molar-refractivity contribution in [2.45, 2.75) is 51.6 Å². The molecule has 0 heterocycles. The maximum absolute atomic E-state index is 14.7. The Morgan fingerprint density at radius 2 is 1.85 bits per heavy atom. The van der Waals surface area contributed by atoms with Crippen molar-refractivity contribution >= 4 is 5.91 Å². The Morgan fingerprint density at radius 3 is 2.50 bits per heavy atom. The van der Waals surface area contributed by atoms with Gasteiger partial charge in [-0.3, -0.25) is 9.69 Å². The van der Waals surface area contributed by atoms with Gasteiger partial charge in [0.1, 0.15) is 5.82 Å². The van der Waals surface area contributed by atoms with Crippen LogP contribution < -0.4 is 5.73 Å². The lowest BCUT2D eigenvalue weighted by atomic mass is 9.93. The number of nitrogens with zero attached hydrogens (tertiary/aromatic N) is 1. The van der Waals surface area contributed by atoms with Crippen molar-refractivity contribution in [1.82, 2.24) is 4.90 Å². The molecule has 1 aliphatic rings. The van der Waals surface area contributed by atoms with Gasteiger partial charge in [-0.1, -0.05) is 50.5 Å². The molecule has 4 heteroatoms. The molecule has 0 saturated heterocycles. The lowest BCUT2D eigenvalue weighted by molar-refractivity contribution is 0.100. The minimum atomic E-state index is -0.477. The van der Waals surface area contributed by atoms with E-state index in [9.17, 15) is 9.18 Å². The number of carbonyl (C=O) groups is 1. The Hall–Kier alpha value is -2.20. The van der Waals surface area contributed by atoms with E-state index in [1.807, 2.05) is 18.2 Å². The number of nitrogens with two attached hydrogens (primary N) is 1. The van der Waals surface area contributed by atoms with Crippen LogP contribution in [0.2, 0.25) is 0 Å². The SMILES string of the molecule is CCN(Cc1ccc(-c2cccc(C(N)=O)c2)cc1F)C1CCCCC1. The lowest BCUT2D eigenvalue weighted by Gasteiger charge is -2.33. The average Bonchev–Trinajstić information content (AvgIpc) is 2.67. The molecule has 2 aromatic carbocycles. The summed E-state index contributed by atoms with van der Waals surface area (Å²) in [7, 11) is 0. The van der Waals surface area contributed by atoms with E-state index in [1.165, 1.54) is 32.1 Å². The Morgan fingerprint density at radius 1 is 1.12 bits per heavy atom. The van der Waals surface area contributed by atoms with Crippen LogP contribution in [0.15, 0.2) is 42.5 Å². The fourth-order valence-electron chi connectivity index (χ4n) is 3.87. The minimum absolute atomic E-state index is 0.193. The van der Waals surface area contributed by atoms with E-state index in [0.717, 1.165) is 23.2 Å². The molecule has 3 rings (SSSR count). The van der Waals surface area contributed by atoms with Crippen LogP contribution in [0.4, 0.5) is 4.39 Å². The molecule has 1 fully saturated rings. The first-order valence-electron chi connectivity index (χ1n) is 9.51. The Bertz CT molecular complexity index is 768. The van der Waals surface area contributed by atoms with Crippen LogP contribution in [0.25, 0.3) is 11.1 Å². The van der Waals surface area contributed by atoms with Crippen molar-refractivity contribution in [3.05, 3.63) is 59.4 Å². The summed E-state index contributed by atoms with van der Waals surface area (Å²) in [5.41, 5.74) is 8.05. The van der Waals surface area contributed by atoms with Crippen LogP contribution in [0.1, 0.15) is 54.9 Å². The number of hydrogen-bond acceptors (Lipinski definition) is 2. The molecular weight excluding hydrogens is 327 g/mol. The topological polar surface area (TPSA) is 46.3 Å². The van der Waals surface area contributed by atoms with Gasteiger partial charge in [0.25, 0.3) is 0 Å². The summed E-state index contributed by atoms with van der Waals surface area (Å²) in [5, 5.41) is 0. The fourth-order valence-corrected chi connectivity index (χ4v) is 3.87. The van der Waals surface area contributed by atoms with E-state index in [0.29, 0.717) is 18.2 Å². The summed E-state index contributed by atoms with van der Waals surface area (Å²) in [5.74, 6) is -0.670. The molecule has 1 aliphatic carbocycles. The van der Waals surface area contributed by atoms with Gasteiger partial charge in [0, 0.05) is 23.7 Å². The Balaban J connectivity index is 1.78. The van der Waals surface area contributed by atoms with E-state index in [2.05, 4.69) is 11.8 Å². The summed E-state index contributed by atoms with van der Waals surface area (Å²) < 4.78 is 14.7. The molecule has 2 aromatic rings. The summed E-state index contributed by atoms with van der Waals surface area (Å²) in [6.45, 7) is 3.73. The van der Waals surface area contributed by atoms with Crippen molar-refractivity contribution in [2.24, 2.45) is 5.73 Å². The number of benzene rings is 2. The molecule has 0 unspecified atom stereocenters. The number of rotatable bonds is 6. The number of halogens is 1. The van der Waals surface area contributed by atoms with Gasteiger partial charge in [0.2, 0.25) is 5.91 Å². The van der Waals surface area contributed by atoms with Gasteiger partial charge in [-0.2, -0.15) is 0 Å². The highest BCUT2D eigenvalue weighted by molar-refractivity contribution is 5.94. The molecule has 0 aliphatic heterocycles. The van der Waals surface area contributed by atoms with E-state index in [1.54, 1.807) is 24.3 Å². The van der Waals surface area contributed by atoms with Crippen molar-refractivity contribution in [3.8, 4) is 11.1 Å². The van der Waals surface area contributed by atoms with E-state index in [-0.39, 0.29) is 5.82 Å². The standard InChI is InChI=1S/C22H27FN2O/c1-2-25(20-9-4-3-5-10-20)15-19-12-11-17(14-21(19)23)16-7-6-8-18(13-16)22(24)26/h6-8,11-14,20H,2-5,9-10,15H2,1H3,(H2,24,26). The van der Waals surface area contributed by atoms with Crippen LogP contribution >= 0.6 is 0 Å². The van der Waals surface area contributed by atoms with Gasteiger partial charge in [0.05, 0.1) is 0 Å². The van der Waals surface area contributed by atoms with Crippen molar-refractivity contribution in [3.63, 3.8) is 0 Å². The van der Waals surface area contributed by atoms with E-state index < -0.39 is 5.91 Å². The highest BCUT2D eigenvalue weighted by Gasteiger charge is 2.21. The van der Waals surface area contributed by atoms with E-state index >= 15 is 0 Å². The second-order valence-electron chi connectivity index (χ2n) is 7.11. The first-order valence-corrected chi connectivity index (χ1v) is 9.51. The maximum atomic E-state index is 14.7. The molecule has 0 spiro atoms. The van der Waals surface area contributed by atoms with Crippen LogP contribution in [0.5, 0.6) is 0 Å². The summed E-state index contributed by atoms with van der Waals surface area (Å²) >= 11 is 0. The molecule has 138 valence electrons. The number of primary amides is 1. The third kappa shape index (κ3) is 4.31. The van der Waals surface area contributed by atoms with Crippen molar-refractivity contribution in [2.75, 3.05) is 6.54 Å². The molecule has 0 atom stereocenters. The number of carbonyl (C=O) groups excluding carboxylic acids is 1. The molecule has 1 amide bonds. The quantitative estimate of drug-likeness (QED) is 0.814.